The smallest absolute Gasteiger partial charge is 1.00 e. The van der Waals surface area contributed by atoms with Gasteiger partial charge in [-0.1, -0.05) is 53.1 Å². The first-order chi connectivity index (χ1) is 11.4. The monoisotopic (exact) mass is 366 g/mol. The molecule has 0 bridgehead atoms. The summed E-state index contributed by atoms with van der Waals surface area (Å²) < 4.78 is 0. The summed E-state index contributed by atoms with van der Waals surface area (Å²) in [6.45, 7) is 5.96. The van der Waals surface area contributed by atoms with E-state index >= 15 is 0 Å². The molecule has 0 aliphatic rings. The van der Waals surface area contributed by atoms with E-state index in [1.165, 1.54) is 16.7 Å². The number of aryl methyl sites for hydroxylation is 3. The van der Waals surface area contributed by atoms with Crippen molar-refractivity contribution in [3.8, 4) is 17.2 Å². The molecular weight excluding hydrogens is 340 g/mol. The first-order valence-electron chi connectivity index (χ1n) is 7.63. The number of hydrogen-bond acceptors (Lipinski definition) is 3. The zero-order valence-electron chi connectivity index (χ0n) is 17.0. The minimum atomic E-state index is 0. The Morgan fingerprint density at radius 3 is 0.720 bits per heavy atom. The van der Waals surface area contributed by atoms with Crippen molar-refractivity contribution in [2.45, 2.75) is 20.8 Å². The van der Waals surface area contributed by atoms with Crippen molar-refractivity contribution < 1.29 is 18.2 Å². The molecule has 3 nitrogen and oxygen atoms in total. The number of aromatic hydroxyl groups is 3. The predicted molar refractivity (Wildman–Crippen MR) is 107 cm³/mol. The average molecular weight is 367 g/mol. The van der Waals surface area contributed by atoms with Crippen molar-refractivity contribution in [3.63, 3.8) is 0 Å². The third-order valence-corrected chi connectivity index (χ3v) is 3.10. The number of hydrogen-bond donors (Lipinski definition) is 3. The van der Waals surface area contributed by atoms with Gasteiger partial charge < -0.3 is 18.2 Å². The van der Waals surface area contributed by atoms with Crippen molar-refractivity contribution in [2.75, 3.05) is 0 Å². The van der Waals surface area contributed by atoms with Gasteiger partial charge in [-0.25, -0.2) is 0 Å². The molecule has 25 heavy (non-hydrogen) atoms. The summed E-state index contributed by atoms with van der Waals surface area (Å²) in [4.78, 5) is 0. The van der Waals surface area contributed by atoms with Gasteiger partial charge in [-0.2, -0.15) is 0 Å². The summed E-state index contributed by atoms with van der Waals surface area (Å²) in [5, 5.41) is 26.3. The van der Waals surface area contributed by atoms with Crippen LogP contribution in [0.5, 0.6) is 17.2 Å². The summed E-state index contributed by atoms with van der Waals surface area (Å²) in [7, 11) is 0. The molecule has 0 heterocycles. The van der Waals surface area contributed by atoms with Crippen molar-refractivity contribution in [3.05, 3.63) is 89.5 Å². The molecule has 0 aliphatic carbocycles. The average Bonchev–Trinajstić information content (AvgIpc) is 2.57. The number of benzene rings is 3. The maximum absolute atomic E-state index is 8.76. The standard InChI is InChI=1S/3C7H8O.Ca.2H/c3*1-6-2-4-7(8)5-3-6;;;/h3*2-5,8H,1H3;;;/q;;;+2;2*-1. The Hall–Kier alpha value is -1.68. The summed E-state index contributed by atoms with van der Waals surface area (Å²) in [6.07, 6.45) is 0. The maximum Gasteiger partial charge on any atom is 2.00 e. The Morgan fingerprint density at radius 2 is 0.600 bits per heavy atom. The van der Waals surface area contributed by atoms with Crippen molar-refractivity contribution in [2.24, 2.45) is 0 Å². The molecule has 3 rings (SSSR count). The molecule has 130 valence electrons. The van der Waals surface area contributed by atoms with Gasteiger partial charge in [0.25, 0.3) is 0 Å². The van der Waals surface area contributed by atoms with Crippen LogP contribution >= 0.6 is 0 Å². The van der Waals surface area contributed by atoms with Gasteiger partial charge in [0.1, 0.15) is 17.2 Å². The summed E-state index contributed by atoms with van der Waals surface area (Å²) in [5.41, 5.74) is 3.51. The van der Waals surface area contributed by atoms with E-state index in [-0.39, 0.29) is 40.6 Å². The number of phenols is 3. The van der Waals surface area contributed by atoms with Crippen LogP contribution < -0.4 is 0 Å². The molecule has 0 spiro atoms. The minimum absolute atomic E-state index is 0. The van der Waals surface area contributed by atoms with E-state index in [4.69, 9.17) is 15.3 Å². The number of phenolic OH excluding ortho intramolecular Hbond substituents is 3. The molecule has 0 fully saturated rings. The van der Waals surface area contributed by atoms with Gasteiger partial charge in [-0.3, -0.25) is 0 Å². The van der Waals surface area contributed by atoms with Crippen LogP contribution in [-0.4, -0.2) is 53.1 Å². The van der Waals surface area contributed by atoms with E-state index < -0.39 is 0 Å². The van der Waals surface area contributed by atoms with E-state index in [0.717, 1.165) is 0 Å². The molecule has 3 aromatic rings. The molecule has 0 saturated carbocycles. The van der Waals surface area contributed by atoms with Crippen LogP contribution in [0.3, 0.4) is 0 Å². The van der Waals surface area contributed by atoms with Gasteiger partial charge in [0.15, 0.2) is 0 Å². The molecule has 0 atom stereocenters. The van der Waals surface area contributed by atoms with Gasteiger partial charge in [-0.15, -0.1) is 0 Å². The Labute approximate surface area is 182 Å². The van der Waals surface area contributed by atoms with Crippen molar-refractivity contribution in [1.82, 2.24) is 0 Å². The normalized spacial score (nSPS) is 8.76. The second-order valence-electron chi connectivity index (χ2n) is 5.51. The zero-order chi connectivity index (χ0) is 17.9. The van der Waals surface area contributed by atoms with Crippen LogP contribution in [0.1, 0.15) is 19.5 Å². The predicted octanol–water partition coefficient (Wildman–Crippen LogP) is 4.95. The minimum Gasteiger partial charge on any atom is -1.00 e. The maximum atomic E-state index is 8.76. The molecule has 0 radical (unpaired) electrons. The number of rotatable bonds is 0. The molecule has 0 aromatic heterocycles. The van der Waals surface area contributed by atoms with Gasteiger partial charge in [0, 0.05) is 0 Å². The summed E-state index contributed by atoms with van der Waals surface area (Å²) in [5.74, 6) is 0.988. The first kappa shape index (κ1) is 23.3. The third-order valence-electron chi connectivity index (χ3n) is 3.10. The summed E-state index contributed by atoms with van der Waals surface area (Å²) >= 11 is 0. The molecule has 3 aromatic carbocycles. The molecule has 0 aliphatic heterocycles. The van der Waals surface area contributed by atoms with Crippen LogP contribution in [0, 0.1) is 20.8 Å². The van der Waals surface area contributed by atoms with Gasteiger partial charge >= 0.3 is 37.7 Å². The Bertz CT molecular complexity index is 550. The van der Waals surface area contributed by atoms with Gasteiger partial charge in [-0.05, 0) is 57.2 Å². The van der Waals surface area contributed by atoms with E-state index in [2.05, 4.69) is 0 Å². The fourth-order valence-electron chi connectivity index (χ4n) is 1.63. The van der Waals surface area contributed by atoms with Crippen LogP contribution in [0.2, 0.25) is 0 Å². The molecule has 3 N–H and O–H groups in total. The van der Waals surface area contributed by atoms with Crippen LogP contribution in [0.4, 0.5) is 0 Å². The summed E-state index contributed by atoms with van der Waals surface area (Å²) in [6, 6.07) is 21.3. The van der Waals surface area contributed by atoms with Crippen molar-refractivity contribution >= 4 is 37.7 Å². The fraction of sp³-hybridized carbons (Fsp3) is 0.143. The van der Waals surface area contributed by atoms with Gasteiger partial charge in [0.2, 0.25) is 0 Å². The van der Waals surface area contributed by atoms with E-state index in [1.807, 2.05) is 57.2 Å². The fourth-order valence-corrected chi connectivity index (χ4v) is 1.63. The first-order valence-corrected chi connectivity index (χ1v) is 7.63. The van der Waals surface area contributed by atoms with Crippen LogP contribution in [0.15, 0.2) is 72.8 Å². The van der Waals surface area contributed by atoms with E-state index in [1.54, 1.807) is 36.4 Å². The van der Waals surface area contributed by atoms with Crippen molar-refractivity contribution in [1.29, 1.82) is 0 Å². The quantitative estimate of drug-likeness (QED) is 0.494. The Balaban J connectivity index is -0.000000303. The zero-order valence-corrected chi connectivity index (χ0v) is 17.2. The second-order valence-corrected chi connectivity index (χ2v) is 5.51. The van der Waals surface area contributed by atoms with Crippen LogP contribution in [0.25, 0.3) is 0 Å². The van der Waals surface area contributed by atoms with E-state index in [9.17, 15) is 0 Å². The Kier molecular flexibility index (Phi) is 11.8. The van der Waals surface area contributed by atoms with Crippen LogP contribution in [-0.2, 0) is 0 Å². The topological polar surface area (TPSA) is 60.7 Å². The molecule has 0 amide bonds. The molecule has 0 saturated heterocycles. The SMILES string of the molecule is Cc1ccc(O)cc1.Cc1ccc(O)cc1.Cc1ccc(O)cc1.[Ca+2].[H-].[H-]. The van der Waals surface area contributed by atoms with E-state index in [0.29, 0.717) is 17.2 Å². The largest absolute Gasteiger partial charge is 2.00 e. The van der Waals surface area contributed by atoms with Gasteiger partial charge in [0.05, 0.1) is 0 Å². The second kappa shape index (κ2) is 12.6. The molecular formula is C21H26CaO3. The molecule has 4 heteroatoms. The Morgan fingerprint density at radius 1 is 0.440 bits per heavy atom. The third kappa shape index (κ3) is 11.5. The molecule has 0 unspecified atom stereocenters.